The zero-order valence-corrected chi connectivity index (χ0v) is 14.6. The van der Waals surface area contributed by atoms with Crippen molar-refractivity contribution in [1.82, 2.24) is 4.90 Å². The Bertz CT molecular complexity index is 273. The standard InChI is InChI=1S/C15H29N3.HI/c1-13-7-6-8-14(11-13)12-17-15(16)18-9-4-2-3-5-10-18;/h13-14H,2-12H2,1H3,(H2,16,17);1H. The van der Waals surface area contributed by atoms with Gasteiger partial charge in [-0.3, -0.25) is 4.99 Å². The van der Waals surface area contributed by atoms with Crippen LogP contribution in [0.2, 0.25) is 0 Å². The summed E-state index contributed by atoms with van der Waals surface area (Å²) in [6, 6.07) is 0. The van der Waals surface area contributed by atoms with Crippen LogP contribution in [0.3, 0.4) is 0 Å². The van der Waals surface area contributed by atoms with Crippen LogP contribution in [0.25, 0.3) is 0 Å². The molecule has 19 heavy (non-hydrogen) atoms. The van der Waals surface area contributed by atoms with E-state index < -0.39 is 0 Å². The topological polar surface area (TPSA) is 41.6 Å². The fourth-order valence-electron chi connectivity index (χ4n) is 3.35. The van der Waals surface area contributed by atoms with E-state index in [2.05, 4.69) is 16.8 Å². The highest BCUT2D eigenvalue weighted by Crippen LogP contribution is 2.28. The number of rotatable bonds is 2. The smallest absolute Gasteiger partial charge is 0.191 e. The quantitative estimate of drug-likeness (QED) is 0.452. The molecular formula is C15H30IN3. The van der Waals surface area contributed by atoms with Gasteiger partial charge in [-0.1, -0.05) is 32.6 Å². The molecular weight excluding hydrogens is 349 g/mol. The molecule has 2 rings (SSSR count). The van der Waals surface area contributed by atoms with E-state index in [1.54, 1.807) is 0 Å². The van der Waals surface area contributed by atoms with E-state index in [4.69, 9.17) is 5.73 Å². The van der Waals surface area contributed by atoms with Gasteiger partial charge in [-0.05, 0) is 37.5 Å². The summed E-state index contributed by atoms with van der Waals surface area (Å²) in [5.74, 6) is 2.47. The van der Waals surface area contributed by atoms with Gasteiger partial charge >= 0.3 is 0 Å². The minimum Gasteiger partial charge on any atom is -0.370 e. The molecule has 112 valence electrons. The number of nitrogens with zero attached hydrogens (tertiary/aromatic N) is 2. The fourth-order valence-corrected chi connectivity index (χ4v) is 3.35. The number of guanidine groups is 1. The maximum Gasteiger partial charge on any atom is 0.191 e. The summed E-state index contributed by atoms with van der Waals surface area (Å²) in [6.45, 7) is 5.54. The lowest BCUT2D eigenvalue weighted by Crippen LogP contribution is -2.38. The first-order valence-electron chi connectivity index (χ1n) is 7.80. The van der Waals surface area contributed by atoms with Crippen molar-refractivity contribution in [3.63, 3.8) is 0 Å². The van der Waals surface area contributed by atoms with Gasteiger partial charge in [0, 0.05) is 19.6 Å². The summed E-state index contributed by atoms with van der Waals surface area (Å²) in [5.41, 5.74) is 6.15. The average Bonchev–Trinajstić information content (AvgIpc) is 2.65. The summed E-state index contributed by atoms with van der Waals surface area (Å²) in [7, 11) is 0. The summed E-state index contributed by atoms with van der Waals surface area (Å²) in [5, 5.41) is 0. The molecule has 1 aliphatic carbocycles. The summed E-state index contributed by atoms with van der Waals surface area (Å²) < 4.78 is 0. The van der Waals surface area contributed by atoms with Crippen LogP contribution >= 0.6 is 24.0 Å². The predicted molar refractivity (Wildman–Crippen MR) is 93.1 cm³/mol. The van der Waals surface area contributed by atoms with Gasteiger partial charge in [-0.2, -0.15) is 0 Å². The molecule has 0 aromatic carbocycles. The molecule has 1 heterocycles. The molecule has 0 aromatic heterocycles. The SMILES string of the molecule is CC1CCCC(CN=C(N)N2CCCCCC2)C1.I. The lowest BCUT2D eigenvalue weighted by atomic mass is 9.82. The van der Waals surface area contributed by atoms with Crippen molar-refractivity contribution in [3.05, 3.63) is 0 Å². The maximum atomic E-state index is 6.15. The van der Waals surface area contributed by atoms with Crippen LogP contribution < -0.4 is 5.73 Å². The number of halogens is 1. The van der Waals surface area contributed by atoms with Crippen LogP contribution in [-0.2, 0) is 0 Å². The van der Waals surface area contributed by atoms with Gasteiger partial charge in [-0.25, -0.2) is 0 Å². The number of hydrogen-bond acceptors (Lipinski definition) is 1. The first kappa shape index (κ1) is 17.1. The Hall–Kier alpha value is 0. The van der Waals surface area contributed by atoms with Crippen molar-refractivity contribution >= 4 is 29.9 Å². The molecule has 2 N–H and O–H groups in total. The molecule has 4 heteroatoms. The normalized spacial score (nSPS) is 29.5. The van der Waals surface area contributed by atoms with Crippen molar-refractivity contribution in [1.29, 1.82) is 0 Å². The monoisotopic (exact) mass is 379 g/mol. The summed E-state index contributed by atoms with van der Waals surface area (Å²) in [4.78, 5) is 6.96. The lowest BCUT2D eigenvalue weighted by molar-refractivity contribution is 0.288. The number of aliphatic imine (C=N–C) groups is 1. The highest BCUT2D eigenvalue weighted by Gasteiger charge is 2.19. The summed E-state index contributed by atoms with van der Waals surface area (Å²) >= 11 is 0. The highest BCUT2D eigenvalue weighted by atomic mass is 127. The van der Waals surface area contributed by atoms with Crippen molar-refractivity contribution in [2.75, 3.05) is 19.6 Å². The van der Waals surface area contributed by atoms with E-state index in [1.807, 2.05) is 0 Å². The third-order valence-electron chi connectivity index (χ3n) is 4.49. The average molecular weight is 379 g/mol. The zero-order chi connectivity index (χ0) is 12.8. The van der Waals surface area contributed by atoms with Crippen LogP contribution in [0.5, 0.6) is 0 Å². The largest absolute Gasteiger partial charge is 0.370 e. The van der Waals surface area contributed by atoms with E-state index in [-0.39, 0.29) is 24.0 Å². The number of likely N-dealkylation sites (tertiary alicyclic amines) is 1. The van der Waals surface area contributed by atoms with Crippen LogP contribution in [0.4, 0.5) is 0 Å². The van der Waals surface area contributed by atoms with E-state index in [9.17, 15) is 0 Å². The van der Waals surface area contributed by atoms with Gasteiger partial charge < -0.3 is 10.6 Å². The number of hydrogen-bond donors (Lipinski definition) is 1. The van der Waals surface area contributed by atoms with E-state index in [0.29, 0.717) is 0 Å². The van der Waals surface area contributed by atoms with Crippen molar-refractivity contribution in [3.8, 4) is 0 Å². The molecule has 1 saturated carbocycles. The van der Waals surface area contributed by atoms with Gasteiger partial charge in [0.05, 0.1) is 0 Å². The third kappa shape index (κ3) is 5.88. The second kappa shape index (κ2) is 9.03. The molecule has 2 unspecified atom stereocenters. The molecule has 0 spiro atoms. The summed E-state index contributed by atoms with van der Waals surface area (Å²) in [6.07, 6.45) is 10.7. The highest BCUT2D eigenvalue weighted by molar-refractivity contribution is 14.0. The van der Waals surface area contributed by atoms with Crippen LogP contribution in [0, 0.1) is 11.8 Å². The molecule has 0 amide bonds. The van der Waals surface area contributed by atoms with E-state index in [1.165, 1.54) is 51.4 Å². The molecule has 1 saturated heterocycles. The van der Waals surface area contributed by atoms with Crippen LogP contribution in [-0.4, -0.2) is 30.5 Å². The molecule has 0 aromatic rings. The van der Waals surface area contributed by atoms with Gasteiger partial charge in [0.1, 0.15) is 0 Å². The molecule has 2 atom stereocenters. The molecule has 2 fully saturated rings. The third-order valence-corrected chi connectivity index (χ3v) is 4.49. The lowest BCUT2D eigenvalue weighted by Gasteiger charge is -2.26. The second-order valence-corrected chi connectivity index (χ2v) is 6.24. The zero-order valence-electron chi connectivity index (χ0n) is 12.3. The minimum absolute atomic E-state index is 0. The van der Waals surface area contributed by atoms with Gasteiger partial charge in [0.2, 0.25) is 0 Å². The van der Waals surface area contributed by atoms with Gasteiger partial charge in [0.25, 0.3) is 0 Å². The molecule has 0 radical (unpaired) electrons. The van der Waals surface area contributed by atoms with Crippen molar-refractivity contribution in [2.24, 2.45) is 22.6 Å². The Morgan fingerprint density at radius 1 is 1.11 bits per heavy atom. The van der Waals surface area contributed by atoms with Crippen molar-refractivity contribution < 1.29 is 0 Å². The minimum atomic E-state index is 0. The Balaban J connectivity index is 0.00000180. The van der Waals surface area contributed by atoms with E-state index >= 15 is 0 Å². The van der Waals surface area contributed by atoms with Gasteiger partial charge in [-0.15, -0.1) is 24.0 Å². The number of nitrogens with two attached hydrogens (primary N) is 1. The molecule has 2 aliphatic rings. The predicted octanol–water partition coefficient (Wildman–Crippen LogP) is 3.62. The Labute approximate surface area is 135 Å². The van der Waals surface area contributed by atoms with Crippen LogP contribution in [0.15, 0.2) is 4.99 Å². The molecule has 1 aliphatic heterocycles. The van der Waals surface area contributed by atoms with Gasteiger partial charge in [0.15, 0.2) is 5.96 Å². The van der Waals surface area contributed by atoms with Crippen LogP contribution in [0.1, 0.15) is 58.3 Å². The fraction of sp³-hybridized carbons (Fsp3) is 0.933. The second-order valence-electron chi connectivity index (χ2n) is 6.24. The Morgan fingerprint density at radius 3 is 2.42 bits per heavy atom. The van der Waals surface area contributed by atoms with Crippen molar-refractivity contribution in [2.45, 2.75) is 58.3 Å². The first-order chi connectivity index (χ1) is 8.75. The molecule has 3 nitrogen and oxygen atoms in total. The Morgan fingerprint density at radius 2 is 1.79 bits per heavy atom. The Kier molecular flexibility index (Phi) is 8.11. The van der Waals surface area contributed by atoms with E-state index in [0.717, 1.165) is 37.4 Å². The maximum absolute atomic E-state index is 6.15. The molecule has 0 bridgehead atoms. The first-order valence-corrected chi connectivity index (χ1v) is 7.80.